The Morgan fingerprint density at radius 1 is 1.08 bits per heavy atom. The highest BCUT2D eigenvalue weighted by molar-refractivity contribution is 5.89. The van der Waals surface area contributed by atoms with Crippen LogP contribution in [-0.2, 0) is 4.79 Å². The Bertz CT molecular complexity index is 1000. The number of piperazine rings is 1. The van der Waals surface area contributed by atoms with Crippen LogP contribution in [0.1, 0.15) is 64.4 Å². The monoisotopic (exact) mass is 506 g/mol. The Hall–Kier alpha value is -2.34. The average molecular weight is 507 g/mol. The summed E-state index contributed by atoms with van der Waals surface area (Å²) in [5.41, 5.74) is 3.88. The number of amides is 3. The van der Waals surface area contributed by atoms with Crippen molar-refractivity contribution in [2.75, 3.05) is 51.1 Å². The zero-order chi connectivity index (χ0) is 26.0. The summed E-state index contributed by atoms with van der Waals surface area (Å²) < 4.78 is 0. The maximum absolute atomic E-state index is 13.7. The van der Waals surface area contributed by atoms with Gasteiger partial charge in [-0.05, 0) is 67.6 Å². The fourth-order valence-corrected chi connectivity index (χ4v) is 7.11. The van der Waals surface area contributed by atoms with Crippen LogP contribution in [0, 0.1) is 30.1 Å². The van der Waals surface area contributed by atoms with Gasteiger partial charge < -0.3 is 15.1 Å². The SMILES string of the molecule is Cc1cccc(NC(=O)N2CCN(CCN(CC3=CCC4CC3C4(C)C)C(=O)C3CCCCC3)CC2)c1. The highest BCUT2D eigenvalue weighted by Gasteiger charge is 2.51. The molecule has 3 fully saturated rings. The molecule has 202 valence electrons. The van der Waals surface area contributed by atoms with Crippen molar-refractivity contribution < 1.29 is 9.59 Å². The Balaban J connectivity index is 1.15. The van der Waals surface area contributed by atoms with E-state index in [1.165, 1.54) is 37.7 Å². The van der Waals surface area contributed by atoms with Gasteiger partial charge in [0.25, 0.3) is 0 Å². The molecule has 0 spiro atoms. The quantitative estimate of drug-likeness (QED) is 0.494. The molecule has 1 aliphatic heterocycles. The van der Waals surface area contributed by atoms with Gasteiger partial charge in [0.1, 0.15) is 0 Å². The lowest BCUT2D eigenvalue weighted by Gasteiger charge is -2.57. The van der Waals surface area contributed by atoms with Gasteiger partial charge in [0.05, 0.1) is 0 Å². The maximum Gasteiger partial charge on any atom is 0.321 e. The van der Waals surface area contributed by atoms with Crippen molar-refractivity contribution in [3.05, 3.63) is 41.5 Å². The van der Waals surface area contributed by atoms with Crippen LogP contribution in [0.15, 0.2) is 35.9 Å². The van der Waals surface area contributed by atoms with E-state index < -0.39 is 0 Å². The van der Waals surface area contributed by atoms with E-state index in [4.69, 9.17) is 0 Å². The molecule has 6 rings (SSSR count). The van der Waals surface area contributed by atoms with Crippen LogP contribution in [-0.4, -0.2) is 72.5 Å². The Kier molecular flexibility index (Phi) is 7.94. The lowest BCUT2D eigenvalue weighted by atomic mass is 9.49. The first-order valence-corrected chi connectivity index (χ1v) is 14.6. The number of benzene rings is 1. The third kappa shape index (κ3) is 5.89. The third-order valence-electron chi connectivity index (χ3n) is 9.84. The summed E-state index contributed by atoms with van der Waals surface area (Å²) in [7, 11) is 0. The minimum absolute atomic E-state index is 0.0231. The number of urea groups is 1. The fourth-order valence-electron chi connectivity index (χ4n) is 7.11. The molecule has 4 aliphatic carbocycles. The molecular weight excluding hydrogens is 460 g/mol. The lowest BCUT2D eigenvalue weighted by molar-refractivity contribution is -0.136. The van der Waals surface area contributed by atoms with Gasteiger partial charge in [-0.2, -0.15) is 0 Å². The van der Waals surface area contributed by atoms with E-state index >= 15 is 0 Å². The van der Waals surface area contributed by atoms with Crippen LogP contribution >= 0.6 is 0 Å². The van der Waals surface area contributed by atoms with Gasteiger partial charge in [0.2, 0.25) is 5.91 Å². The fraction of sp³-hybridized carbons (Fsp3) is 0.677. The van der Waals surface area contributed by atoms with Gasteiger partial charge in [-0.3, -0.25) is 9.69 Å². The number of fused-ring (bicyclic) bond motifs is 1. The molecule has 2 bridgehead atoms. The molecule has 6 heteroatoms. The van der Waals surface area contributed by atoms with Crippen LogP contribution < -0.4 is 5.32 Å². The standard InChI is InChI=1S/C31H46N4O2/c1-23-8-7-11-27(20-23)32-30(37)34-17-14-33(15-18-34)16-19-35(29(36)24-9-5-4-6-10-24)22-25-12-13-26-21-28(25)31(26,2)3/h7-8,11-12,20,24,26,28H,4-6,9-10,13-19,21-22H2,1-3H3,(H,32,37). The van der Waals surface area contributed by atoms with Crippen molar-refractivity contribution >= 4 is 17.6 Å². The van der Waals surface area contributed by atoms with Crippen molar-refractivity contribution in [1.82, 2.24) is 14.7 Å². The second kappa shape index (κ2) is 11.2. The van der Waals surface area contributed by atoms with Gasteiger partial charge in [0, 0.05) is 57.4 Å². The molecule has 37 heavy (non-hydrogen) atoms. The molecule has 6 nitrogen and oxygen atoms in total. The van der Waals surface area contributed by atoms with E-state index in [-0.39, 0.29) is 11.9 Å². The number of aryl methyl sites for hydroxylation is 1. The van der Waals surface area contributed by atoms with E-state index in [0.29, 0.717) is 17.2 Å². The van der Waals surface area contributed by atoms with Crippen molar-refractivity contribution in [1.29, 1.82) is 0 Å². The van der Waals surface area contributed by atoms with E-state index in [0.717, 1.165) is 75.8 Å². The number of anilines is 1. The summed E-state index contributed by atoms with van der Waals surface area (Å²) in [6.07, 6.45) is 10.7. The molecule has 2 saturated carbocycles. The Morgan fingerprint density at radius 2 is 1.84 bits per heavy atom. The first-order valence-electron chi connectivity index (χ1n) is 14.6. The number of nitrogens with zero attached hydrogens (tertiary/aromatic N) is 3. The van der Waals surface area contributed by atoms with E-state index in [2.05, 4.69) is 35.0 Å². The summed E-state index contributed by atoms with van der Waals surface area (Å²) in [5.74, 6) is 2.06. The predicted octanol–water partition coefficient (Wildman–Crippen LogP) is 5.55. The van der Waals surface area contributed by atoms with Crippen molar-refractivity contribution in [2.45, 2.75) is 65.7 Å². The van der Waals surface area contributed by atoms with Crippen molar-refractivity contribution in [3.8, 4) is 0 Å². The summed E-state index contributed by atoms with van der Waals surface area (Å²) in [5, 5.41) is 3.04. The summed E-state index contributed by atoms with van der Waals surface area (Å²) in [6, 6.07) is 7.91. The average Bonchev–Trinajstić information content (AvgIpc) is 2.91. The van der Waals surface area contributed by atoms with Crippen molar-refractivity contribution in [2.24, 2.45) is 23.2 Å². The molecule has 1 saturated heterocycles. The highest BCUT2D eigenvalue weighted by atomic mass is 16.2. The molecule has 1 aromatic rings. The zero-order valence-corrected chi connectivity index (χ0v) is 23.2. The number of hydrogen-bond donors (Lipinski definition) is 1. The third-order valence-corrected chi connectivity index (χ3v) is 9.84. The Labute approximate surface area is 223 Å². The van der Waals surface area contributed by atoms with Gasteiger partial charge >= 0.3 is 6.03 Å². The van der Waals surface area contributed by atoms with E-state index in [1.54, 1.807) is 0 Å². The largest absolute Gasteiger partial charge is 0.337 e. The van der Waals surface area contributed by atoms with Crippen LogP contribution in [0.25, 0.3) is 0 Å². The van der Waals surface area contributed by atoms with Crippen LogP contribution in [0.4, 0.5) is 10.5 Å². The zero-order valence-electron chi connectivity index (χ0n) is 23.2. The molecule has 0 radical (unpaired) electrons. The summed E-state index contributed by atoms with van der Waals surface area (Å²) in [6.45, 7) is 12.5. The Morgan fingerprint density at radius 3 is 2.51 bits per heavy atom. The number of allylic oxidation sites excluding steroid dienone is 1. The molecule has 1 N–H and O–H groups in total. The predicted molar refractivity (Wildman–Crippen MR) is 149 cm³/mol. The molecule has 2 unspecified atom stereocenters. The molecule has 2 atom stereocenters. The van der Waals surface area contributed by atoms with Crippen molar-refractivity contribution in [3.63, 3.8) is 0 Å². The minimum atomic E-state index is -0.0231. The highest BCUT2D eigenvalue weighted by Crippen LogP contribution is 2.59. The topological polar surface area (TPSA) is 55.9 Å². The molecule has 5 aliphatic rings. The molecule has 3 amide bonds. The van der Waals surface area contributed by atoms with E-state index in [1.807, 2.05) is 36.1 Å². The lowest BCUT2D eigenvalue weighted by Crippen LogP contribution is -2.53. The summed E-state index contributed by atoms with van der Waals surface area (Å²) in [4.78, 5) is 33.0. The smallest absolute Gasteiger partial charge is 0.321 e. The number of carbonyl (C=O) groups is 2. The van der Waals surface area contributed by atoms with E-state index in [9.17, 15) is 9.59 Å². The van der Waals surface area contributed by atoms with Gasteiger partial charge in [0.15, 0.2) is 0 Å². The van der Waals surface area contributed by atoms with Gasteiger partial charge in [-0.15, -0.1) is 0 Å². The van der Waals surface area contributed by atoms with Crippen LogP contribution in [0.3, 0.4) is 0 Å². The number of carbonyl (C=O) groups excluding carboxylic acids is 2. The normalized spacial score (nSPS) is 25.7. The summed E-state index contributed by atoms with van der Waals surface area (Å²) >= 11 is 0. The number of nitrogens with one attached hydrogen (secondary N) is 1. The molecular formula is C31H46N4O2. The van der Waals surface area contributed by atoms with Gasteiger partial charge in [-0.1, -0.05) is 56.9 Å². The second-order valence-electron chi connectivity index (χ2n) is 12.5. The first kappa shape index (κ1) is 26.3. The first-order chi connectivity index (χ1) is 17.8. The van der Waals surface area contributed by atoms with Gasteiger partial charge in [-0.25, -0.2) is 4.79 Å². The van der Waals surface area contributed by atoms with Crippen LogP contribution in [0.5, 0.6) is 0 Å². The maximum atomic E-state index is 13.7. The molecule has 1 aromatic carbocycles. The molecule has 1 heterocycles. The minimum Gasteiger partial charge on any atom is -0.337 e. The molecule has 0 aromatic heterocycles. The second-order valence-corrected chi connectivity index (χ2v) is 12.5. The number of rotatable bonds is 7. The number of hydrogen-bond acceptors (Lipinski definition) is 3. The van der Waals surface area contributed by atoms with Crippen LogP contribution in [0.2, 0.25) is 0 Å².